The predicted molar refractivity (Wildman–Crippen MR) is 91.8 cm³/mol. The Hall–Kier alpha value is -2.84. The van der Waals surface area contributed by atoms with Crippen molar-refractivity contribution in [3.8, 4) is 0 Å². The van der Waals surface area contributed by atoms with E-state index in [4.69, 9.17) is 0 Å². The Morgan fingerprint density at radius 2 is 0.667 bits per heavy atom. The summed E-state index contributed by atoms with van der Waals surface area (Å²) in [6.45, 7) is 4.56. The molecule has 1 fully saturated rings. The second-order valence-corrected chi connectivity index (χ2v) is 4.21. The minimum absolute atomic E-state index is 1.14. The maximum atomic E-state index is 3.67. The summed E-state index contributed by atoms with van der Waals surface area (Å²) in [6.07, 6.45) is 14.6. The Bertz CT molecular complexity index is 382. The van der Waals surface area contributed by atoms with Crippen molar-refractivity contribution in [2.45, 2.75) is 0 Å². The standard InChI is InChI=1S/C4H10N2.3C4H4N2/c1-2-6-4-3-5-1;3*1-2-5-4-6-3-1/h5-6H,1-4H2;3*1-4H. The Morgan fingerprint density at radius 1 is 0.417 bits per heavy atom. The van der Waals surface area contributed by atoms with Crippen LogP contribution in [-0.2, 0) is 0 Å². The first-order valence-corrected chi connectivity index (χ1v) is 7.51. The van der Waals surface area contributed by atoms with Gasteiger partial charge in [0, 0.05) is 63.4 Å². The summed E-state index contributed by atoms with van der Waals surface area (Å²) >= 11 is 0. The highest BCUT2D eigenvalue weighted by atomic mass is 15.0. The third kappa shape index (κ3) is 14.1. The molecular weight excluding hydrogens is 304 g/mol. The van der Waals surface area contributed by atoms with Gasteiger partial charge in [-0.1, -0.05) is 0 Å². The molecule has 0 spiro atoms. The van der Waals surface area contributed by atoms with Gasteiger partial charge in [0.15, 0.2) is 0 Å². The number of hydrogen-bond donors (Lipinski definition) is 2. The lowest BCUT2D eigenvalue weighted by atomic mass is 10.4. The van der Waals surface area contributed by atoms with Gasteiger partial charge < -0.3 is 10.6 Å². The minimum atomic E-state index is 1.14. The minimum Gasteiger partial charge on any atom is -0.314 e. The molecular formula is C16H22N8. The monoisotopic (exact) mass is 326 g/mol. The van der Waals surface area contributed by atoms with Gasteiger partial charge in [-0.25, -0.2) is 29.9 Å². The number of aromatic nitrogens is 6. The van der Waals surface area contributed by atoms with Crippen molar-refractivity contribution in [2.24, 2.45) is 0 Å². The molecule has 0 bridgehead atoms. The van der Waals surface area contributed by atoms with Crippen LogP contribution in [0.15, 0.2) is 74.4 Å². The van der Waals surface area contributed by atoms with Crippen LogP contribution in [0.1, 0.15) is 0 Å². The molecule has 1 saturated heterocycles. The Morgan fingerprint density at radius 3 is 0.750 bits per heavy atom. The van der Waals surface area contributed by atoms with Crippen molar-refractivity contribution in [1.82, 2.24) is 40.5 Å². The van der Waals surface area contributed by atoms with Gasteiger partial charge in [0.25, 0.3) is 0 Å². The number of nitrogens with one attached hydrogen (secondary N) is 2. The first kappa shape index (κ1) is 19.2. The van der Waals surface area contributed by atoms with Crippen molar-refractivity contribution < 1.29 is 0 Å². The third-order valence-corrected chi connectivity index (χ3v) is 2.39. The van der Waals surface area contributed by atoms with Crippen molar-refractivity contribution in [3.05, 3.63) is 74.4 Å². The Labute approximate surface area is 141 Å². The van der Waals surface area contributed by atoms with Crippen molar-refractivity contribution in [3.63, 3.8) is 0 Å². The maximum absolute atomic E-state index is 3.67. The molecule has 0 atom stereocenters. The van der Waals surface area contributed by atoms with E-state index in [1.165, 1.54) is 19.0 Å². The largest absolute Gasteiger partial charge is 0.314 e. The van der Waals surface area contributed by atoms with Crippen LogP contribution in [0.4, 0.5) is 0 Å². The zero-order valence-electron chi connectivity index (χ0n) is 13.4. The predicted octanol–water partition coefficient (Wildman–Crippen LogP) is 0.609. The molecule has 24 heavy (non-hydrogen) atoms. The molecule has 0 radical (unpaired) electrons. The molecule has 0 saturated carbocycles. The molecule has 3 aromatic rings. The van der Waals surface area contributed by atoms with E-state index in [1.54, 1.807) is 55.4 Å². The summed E-state index contributed by atoms with van der Waals surface area (Å²) in [4.78, 5) is 22.0. The maximum Gasteiger partial charge on any atom is 0.115 e. The van der Waals surface area contributed by atoms with Crippen LogP contribution in [0.25, 0.3) is 0 Å². The first-order valence-electron chi connectivity index (χ1n) is 7.51. The molecule has 126 valence electrons. The molecule has 1 aliphatic heterocycles. The topological polar surface area (TPSA) is 101 Å². The second kappa shape index (κ2) is 16.5. The normalized spacial score (nSPS) is 12.0. The second-order valence-electron chi connectivity index (χ2n) is 4.21. The van der Waals surface area contributed by atoms with Crippen molar-refractivity contribution >= 4 is 0 Å². The Kier molecular flexibility index (Phi) is 13.2. The van der Waals surface area contributed by atoms with Gasteiger partial charge in [-0.05, 0) is 18.2 Å². The molecule has 8 heteroatoms. The average molecular weight is 326 g/mol. The summed E-state index contributed by atoms with van der Waals surface area (Å²) in [5, 5.41) is 6.44. The fourth-order valence-electron chi connectivity index (χ4n) is 1.36. The fraction of sp³-hybridized carbons (Fsp3) is 0.250. The van der Waals surface area contributed by atoms with Crippen LogP contribution in [0.3, 0.4) is 0 Å². The van der Waals surface area contributed by atoms with Gasteiger partial charge in [-0.3, -0.25) is 0 Å². The van der Waals surface area contributed by atoms with Gasteiger partial charge >= 0.3 is 0 Å². The number of hydrogen-bond acceptors (Lipinski definition) is 8. The van der Waals surface area contributed by atoms with E-state index >= 15 is 0 Å². The smallest absolute Gasteiger partial charge is 0.115 e. The summed E-state index contributed by atoms with van der Waals surface area (Å²) < 4.78 is 0. The van der Waals surface area contributed by atoms with E-state index in [-0.39, 0.29) is 0 Å². The molecule has 2 N–H and O–H groups in total. The molecule has 1 aliphatic rings. The van der Waals surface area contributed by atoms with Gasteiger partial charge in [0.05, 0.1) is 0 Å². The Balaban J connectivity index is 0.000000160. The molecule has 0 amide bonds. The van der Waals surface area contributed by atoms with E-state index < -0.39 is 0 Å². The summed E-state index contributed by atoms with van der Waals surface area (Å²) in [7, 11) is 0. The third-order valence-electron chi connectivity index (χ3n) is 2.39. The van der Waals surface area contributed by atoms with Crippen LogP contribution in [0.2, 0.25) is 0 Å². The van der Waals surface area contributed by atoms with E-state index in [0.717, 1.165) is 26.2 Å². The van der Waals surface area contributed by atoms with Crippen LogP contribution >= 0.6 is 0 Å². The zero-order valence-corrected chi connectivity index (χ0v) is 13.4. The molecule has 0 aromatic carbocycles. The number of nitrogens with zero attached hydrogens (tertiary/aromatic N) is 6. The van der Waals surface area contributed by atoms with Crippen LogP contribution in [-0.4, -0.2) is 56.1 Å². The zero-order chi connectivity index (χ0) is 17.0. The molecule has 0 unspecified atom stereocenters. The van der Waals surface area contributed by atoms with Gasteiger partial charge in [-0.2, -0.15) is 0 Å². The number of piperazine rings is 1. The van der Waals surface area contributed by atoms with Gasteiger partial charge in [0.1, 0.15) is 19.0 Å². The quantitative estimate of drug-likeness (QED) is 0.619. The van der Waals surface area contributed by atoms with Crippen molar-refractivity contribution in [1.29, 1.82) is 0 Å². The van der Waals surface area contributed by atoms with E-state index in [9.17, 15) is 0 Å². The molecule has 8 nitrogen and oxygen atoms in total. The first-order chi connectivity index (χ1) is 12.0. The summed E-state index contributed by atoms with van der Waals surface area (Å²) in [6, 6.07) is 5.33. The lowest BCUT2D eigenvalue weighted by molar-refractivity contribution is 0.534. The highest BCUT2D eigenvalue weighted by Crippen LogP contribution is 1.68. The van der Waals surface area contributed by atoms with E-state index in [0.29, 0.717) is 0 Å². The van der Waals surface area contributed by atoms with E-state index in [1.807, 2.05) is 0 Å². The molecule has 0 aliphatic carbocycles. The fourth-order valence-corrected chi connectivity index (χ4v) is 1.36. The van der Waals surface area contributed by atoms with Crippen LogP contribution in [0, 0.1) is 0 Å². The lowest BCUT2D eigenvalue weighted by Crippen LogP contribution is -2.39. The van der Waals surface area contributed by atoms with Crippen molar-refractivity contribution in [2.75, 3.05) is 26.2 Å². The van der Waals surface area contributed by atoms with Crippen LogP contribution in [0.5, 0.6) is 0 Å². The highest BCUT2D eigenvalue weighted by Gasteiger charge is 1.91. The molecule has 4 heterocycles. The van der Waals surface area contributed by atoms with E-state index in [2.05, 4.69) is 40.5 Å². The summed E-state index contributed by atoms with van der Waals surface area (Å²) in [5.41, 5.74) is 0. The molecule has 3 aromatic heterocycles. The highest BCUT2D eigenvalue weighted by molar-refractivity contribution is 4.75. The molecule has 4 rings (SSSR count). The number of rotatable bonds is 0. The van der Waals surface area contributed by atoms with Gasteiger partial charge in [-0.15, -0.1) is 0 Å². The lowest BCUT2D eigenvalue weighted by Gasteiger charge is -2.11. The van der Waals surface area contributed by atoms with Crippen LogP contribution < -0.4 is 10.6 Å². The SMILES string of the molecule is C1CNCCN1.c1cncnc1.c1cncnc1.c1cncnc1. The average Bonchev–Trinajstić information content (AvgIpc) is 2.75. The van der Waals surface area contributed by atoms with Gasteiger partial charge in [0.2, 0.25) is 0 Å². The summed E-state index contributed by atoms with van der Waals surface area (Å²) in [5.74, 6) is 0.